The Morgan fingerprint density at radius 2 is 2.00 bits per heavy atom. The first-order valence-corrected chi connectivity index (χ1v) is 9.51. The second-order valence-corrected chi connectivity index (χ2v) is 7.46. The molecular weight excluding hydrogens is 332 g/mol. The fourth-order valence-corrected chi connectivity index (χ4v) is 3.13. The number of carbonyl (C=O) groups is 1. The third-order valence-electron chi connectivity index (χ3n) is 3.72. The Kier molecular flexibility index (Phi) is 7.31. The molecule has 1 amide bonds. The molecule has 0 spiro atoms. The second kappa shape index (κ2) is 9.47. The minimum atomic E-state index is 0.0545. The van der Waals surface area contributed by atoms with E-state index in [0.29, 0.717) is 18.8 Å². The predicted octanol–water partition coefficient (Wildman–Crippen LogP) is 4.28. The molecule has 0 aliphatic heterocycles. The maximum Gasteiger partial charge on any atom is 0.221 e. The molecule has 134 valence electrons. The third kappa shape index (κ3) is 6.78. The van der Waals surface area contributed by atoms with Crippen LogP contribution in [0.3, 0.4) is 0 Å². The number of hydrogen-bond donors (Lipinski definition) is 1. The molecule has 1 aromatic carbocycles. The first-order valence-electron chi connectivity index (χ1n) is 8.52. The zero-order chi connectivity index (χ0) is 18.2. The fourth-order valence-electron chi connectivity index (χ4n) is 2.18. The lowest BCUT2D eigenvalue weighted by molar-refractivity contribution is -0.120. The van der Waals surface area contributed by atoms with Crippen molar-refractivity contribution >= 4 is 17.7 Å². The number of aryl methyl sites for hydroxylation is 2. The summed E-state index contributed by atoms with van der Waals surface area (Å²) in [7, 11) is 0. The zero-order valence-electron chi connectivity index (χ0n) is 15.3. The summed E-state index contributed by atoms with van der Waals surface area (Å²) in [4.78, 5) is 17.4. The smallest absolute Gasteiger partial charge is 0.221 e. The molecule has 0 fully saturated rings. The summed E-state index contributed by atoms with van der Waals surface area (Å²) in [6.45, 7) is 8.63. The molecule has 0 unspecified atom stereocenters. The number of rotatable bonds is 8. The van der Waals surface area contributed by atoms with Crippen molar-refractivity contribution in [1.82, 2.24) is 10.3 Å². The Balaban J connectivity index is 1.70. The van der Waals surface area contributed by atoms with Crippen molar-refractivity contribution in [2.24, 2.45) is 0 Å². The number of nitrogens with zero attached hydrogens (tertiary/aromatic N) is 1. The molecule has 2 rings (SSSR count). The maximum atomic E-state index is 12.0. The molecule has 0 atom stereocenters. The second-order valence-electron chi connectivity index (χ2n) is 6.29. The SMILES string of the molecule is Cc1ccc(SCCC(=O)NCc2ccc(OC(C)C)nc2)cc1C. The van der Waals surface area contributed by atoms with Crippen molar-refractivity contribution in [3.8, 4) is 5.88 Å². The van der Waals surface area contributed by atoms with Crippen LogP contribution in [0.25, 0.3) is 0 Å². The van der Waals surface area contributed by atoms with E-state index in [4.69, 9.17) is 4.74 Å². The van der Waals surface area contributed by atoms with Crippen LogP contribution in [0, 0.1) is 13.8 Å². The molecule has 4 nitrogen and oxygen atoms in total. The Hall–Kier alpha value is -2.01. The molecule has 0 aliphatic rings. The molecule has 1 heterocycles. The van der Waals surface area contributed by atoms with Crippen LogP contribution >= 0.6 is 11.8 Å². The minimum Gasteiger partial charge on any atom is -0.475 e. The third-order valence-corrected chi connectivity index (χ3v) is 4.72. The van der Waals surface area contributed by atoms with Gasteiger partial charge in [0.25, 0.3) is 0 Å². The van der Waals surface area contributed by atoms with E-state index in [1.54, 1.807) is 18.0 Å². The van der Waals surface area contributed by atoms with Gasteiger partial charge in [-0.05, 0) is 56.5 Å². The number of pyridine rings is 1. The van der Waals surface area contributed by atoms with E-state index in [1.807, 2.05) is 26.0 Å². The van der Waals surface area contributed by atoms with Gasteiger partial charge in [-0.25, -0.2) is 4.98 Å². The van der Waals surface area contributed by atoms with Crippen LogP contribution in [-0.4, -0.2) is 22.7 Å². The molecule has 1 N–H and O–H groups in total. The lowest BCUT2D eigenvalue weighted by Crippen LogP contribution is -2.23. The van der Waals surface area contributed by atoms with Gasteiger partial charge in [0.15, 0.2) is 0 Å². The van der Waals surface area contributed by atoms with Crippen LogP contribution in [-0.2, 0) is 11.3 Å². The van der Waals surface area contributed by atoms with Crippen LogP contribution in [0.5, 0.6) is 5.88 Å². The maximum absolute atomic E-state index is 12.0. The highest BCUT2D eigenvalue weighted by molar-refractivity contribution is 7.99. The van der Waals surface area contributed by atoms with Crippen LogP contribution in [0.15, 0.2) is 41.4 Å². The average molecular weight is 359 g/mol. The number of amides is 1. The molecule has 5 heteroatoms. The van der Waals surface area contributed by atoms with E-state index >= 15 is 0 Å². The van der Waals surface area contributed by atoms with Crippen molar-refractivity contribution in [2.75, 3.05) is 5.75 Å². The van der Waals surface area contributed by atoms with E-state index < -0.39 is 0 Å². The van der Waals surface area contributed by atoms with Gasteiger partial charge in [-0.3, -0.25) is 4.79 Å². The lowest BCUT2D eigenvalue weighted by atomic mass is 10.1. The van der Waals surface area contributed by atoms with Crippen molar-refractivity contribution in [3.05, 3.63) is 53.2 Å². The van der Waals surface area contributed by atoms with Gasteiger partial charge in [0.05, 0.1) is 6.10 Å². The molecule has 1 aromatic heterocycles. The van der Waals surface area contributed by atoms with Crippen molar-refractivity contribution < 1.29 is 9.53 Å². The highest BCUT2D eigenvalue weighted by atomic mass is 32.2. The number of aromatic nitrogens is 1. The number of benzene rings is 1. The lowest BCUT2D eigenvalue weighted by Gasteiger charge is -2.09. The van der Waals surface area contributed by atoms with E-state index in [0.717, 1.165) is 11.3 Å². The monoisotopic (exact) mass is 358 g/mol. The summed E-state index contributed by atoms with van der Waals surface area (Å²) in [6.07, 6.45) is 2.34. The van der Waals surface area contributed by atoms with Gasteiger partial charge >= 0.3 is 0 Å². The number of carbonyl (C=O) groups excluding carboxylic acids is 1. The molecule has 2 aromatic rings. The van der Waals surface area contributed by atoms with Crippen molar-refractivity contribution in [1.29, 1.82) is 0 Å². The van der Waals surface area contributed by atoms with Gasteiger partial charge in [0, 0.05) is 35.9 Å². The topological polar surface area (TPSA) is 51.2 Å². The van der Waals surface area contributed by atoms with E-state index in [1.165, 1.54) is 16.0 Å². The number of nitrogens with one attached hydrogen (secondary N) is 1. The number of hydrogen-bond acceptors (Lipinski definition) is 4. The number of ether oxygens (including phenoxy) is 1. The molecule has 25 heavy (non-hydrogen) atoms. The minimum absolute atomic E-state index is 0.0545. The van der Waals surface area contributed by atoms with Gasteiger partial charge < -0.3 is 10.1 Å². The Morgan fingerprint density at radius 1 is 1.20 bits per heavy atom. The molecule has 0 saturated carbocycles. The summed E-state index contributed by atoms with van der Waals surface area (Å²) in [5.74, 6) is 1.43. The molecule has 0 saturated heterocycles. The van der Waals surface area contributed by atoms with Gasteiger partial charge in [0.2, 0.25) is 11.8 Å². The normalized spacial score (nSPS) is 10.8. The van der Waals surface area contributed by atoms with Crippen LogP contribution in [0.2, 0.25) is 0 Å². The van der Waals surface area contributed by atoms with Gasteiger partial charge in [-0.1, -0.05) is 12.1 Å². The molecular formula is C20H26N2O2S. The zero-order valence-corrected chi connectivity index (χ0v) is 16.2. The van der Waals surface area contributed by atoms with Crippen molar-refractivity contribution in [2.45, 2.75) is 51.7 Å². The van der Waals surface area contributed by atoms with Crippen LogP contribution in [0.4, 0.5) is 0 Å². The standard InChI is InChI=1S/C20H26N2O2S/c1-14(2)24-20-8-6-17(13-22-20)12-21-19(23)9-10-25-18-7-5-15(3)16(4)11-18/h5-8,11,13-14H,9-10,12H2,1-4H3,(H,21,23). The Labute approximate surface area is 154 Å². The quantitative estimate of drug-likeness (QED) is 0.716. The van der Waals surface area contributed by atoms with Crippen LogP contribution in [0.1, 0.15) is 37.0 Å². The molecule has 0 bridgehead atoms. The predicted molar refractivity (Wildman–Crippen MR) is 103 cm³/mol. The fraction of sp³-hybridized carbons (Fsp3) is 0.400. The first kappa shape index (κ1) is 19.3. The summed E-state index contributed by atoms with van der Waals surface area (Å²) in [5, 5.41) is 2.93. The summed E-state index contributed by atoms with van der Waals surface area (Å²) >= 11 is 1.71. The number of thioether (sulfide) groups is 1. The molecule has 0 radical (unpaired) electrons. The van der Waals surface area contributed by atoms with Gasteiger partial charge in [-0.2, -0.15) is 0 Å². The Morgan fingerprint density at radius 3 is 2.64 bits per heavy atom. The van der Waals surface area contributed by atoms with E-state index in [9.17, 15) is 4.79 Å². The summed E-state index contributed by atoms with van der Waals surface area (Å²) in [5.41, 5.74) is 3.54. The van der Waals surface area contributed by atoms with Crippen molar-refractivity contribution in [3.63, 3.8) is 0 Å². The van der Waals surface area contributed by atoms with E-state index in [-0.39, 0.29) is 12.0 Å². The highest BCUT2D eigenvalue weighted by Crippen LogP contribution is 2.21. The average Bonchev–Trinajstić information content (AvgIpc) is 2.57. The van der Waals surface area contributed by atoms with Gasteiger partial charge in [0.1, 0.15) is 0 Å². The Bertz CT molecular complexity index is 699. The van der Waals surface area contributed by atoms with E-state index in [2.05, 4.69) is 42.3 Å². The summed E-state index contributed by atoms with van der Waals surface area (Å²) < 4.78 is 5.50. The first-order chi connectivity index (χ1) is 11.9. The van der Waals surface area contributed by atoms with Crippen LogP contribution < -0.4 is 10.1 Å². The molecule has 0 aliphatic carbocycles. The summed E-state index contributed by atoms with van der Waals surface area (Å²) in [6, 6.07) is 10.2. The van der Waals surface area contributed by atoms with Gasteiger partial charge in [-0.15, -0.1) is 11.8 Å². The highest BCUT2D eigenvalue weighted by Gasteiger charge is 2.04. The largest absolute Gasteiger partial charge is 0.475 e.